The molecule has 67 heavy (non-hydrogen) atoms. The van der Waals surface area contributed by atoms with Gasteiger partial charge in [0, 0.05) is 55.6 Å². The standard InChI is InChI=1S/C46H63F2N11O8/c1-27(56-34(60)16-17-46(4,5)67-21-18-45(2,3)59-35(61)14-15-36(59)62)42(63)58-32(9-7-8-19-49)44(65)53-20-22-66-26-55-43(64)31-23-30(48)24-33-37(31)39(51)38(41(52-6)54-25-50)40(57-33)28-10-12-29(47)13-11-28/h10-15,23-25,27,32,38,40,51,57H,7-9,16-22,26,49H2,1-6H3,(H,53,65)(H,55,64)(H,56,60)(H,58,63)(H2,50,52,54)/t27-,32?,38-,40+/m0/s1. The fourth-order valence-electron chi connectivity index (χ4n) is 7.64. The topological polar surface area (TPSA) is 282 Å². The molecule has 6 amide bonds. The number of hydrogen-bond donors (Lipinski definition) is 9. The lowest BCUT2D eigenvalue weighted by Crippen LogP contribution is -2.53. The Morgan fingerprint density at radius 1 is 0.955 bits per heavy atom. The van der Waals surface area contributed by atoms with Crippen molar-refractivity contribution in [2.24, 2.45) is 16.6 Å². The molecule has 21 heteroatoms. The number of nitrogens with two attached hydrogens (primary N) is 1. The second-order valence-electron chi connectivity index (χ2n) is 17.3. The summed E-state index contributed by atoms with van der Waals surface area (Å²) in [5, 5.41) is 33.4. The number of amides is 6. The van der Waals surface area contributed by atoms with Crippen LogP contribution < -0.4 is 37.6 Å². The fourth-order valence-corrected chi connectivity index (χ4v) is 7.64. The molecule has 1 unspecified atom stereocenters. The first-order chi connectivity index (χ1) is 31.7. The molecule has 0 fully saturated rings. The molecular formula is C46H63F2N11O8. The second-order valence-corrected chi connectivity index (χ2v) is 17.3. The molecule has 0 bridgehead atoms. The van der Waals surface area contributed by atoms with Gasteiger partial charge in [-0.05, 0) is 103 Å². The maximum absolute atomic E-state index is 15.0. The number of rotatable bonds is 25. The average molecular weight is 936 g/mol. The van der Waals surface area contributed by atoms with Crippen LogP contribution in [-0.2, 0) is 33.4 Å². The van der Waals surface area contributed by atoms with E-state index >= 15 is 4.39 Å². The number of anilines is 1. The van der Waals surface area contributed by atoms with Crippen LogP contribution in [0.5, 0.6) is 0 Å². The van der Waals surface area contributed by atoms with Crippen molar-refractivity contribution in [1.29, 1.82) is 10.8 Å². The SMILES string of the molecule is CN/C(=N\C=N)[C@H]1C(=N)c2c(cc(F)cc2C(=O)NCOCCNC(=O)C(CCCCN)NC(=O)[C@H](C)NC(=O)CCC(C)(C)OCCC(C)(C)N2C(=O)C=CC2=O)N[C@@H]1c1ccc(F)cc1. The Hall–Kier alpha value is -6.45. The van der Waals surface area contributed by atoms with Crippen molar-refractivity contribution in [2.45, 2.75) is 102 Å². The lowest BCUT2D eigenvalue weighted by Gasteiger charge is -2.37. The molecule has 0 aromatic heterocycles. The number of amidine groups is 1. The highest BCUT2D eigenvalue weighted by atomic mass is 19.1. The molecule has 10 N–H and O–H groups in total. The van der Waals surface area contributed by atoms with Gasteiger partial charge in [-0.2, -0.15) is 0 Å². The van der Waals surface area contributed by atoms with E-state index in [1.54, 1.807) is 20.9 Å². The van der Waals surface area contributed by atoms with Crippen LogP contribution in [-0.4, -0.2) is 122 Å². The minimum Gasteiger partial charge on any atom is -0.376 e. The Morgan fingerprint density at radius 2 is 1.64 bits per heavy atom. The Bertz CT molecular complexity index is 2200. The van der Waals surface area contributed by atoms with Crippen LogP contribution in [0.2, 0.25) is 0 Å². The van der Waals surface area contributed by atoms with Gasteiger partial charge in [0.05, 0.1) is 35.4 Å². The lowest BCUT2D eigenvalue weighted by atomic mass is 9.79. The van der Waals surface area contributed by atoms with Gasteiger partial charge < -0.3 is 52.5 Å². The van der Waals surface area contributed by atoms with E-state index in [0.29, 0.717) is 37.8 Å². The van der Waals surface area contributed by atoms with E-state index in [1.807, 2.05) is 13.8 Å². The Kier molecular flexibility index (Phi) is 19.3. The number of nitrogens with one attached hydrogen (secondary N) is 8. The normalized spacial score (nSPS) is 17.0. The first-order valence-corrected chi connectivity index (χ1v) is 22.1. The van der Waals surface area contributed by atoms with E-state index in [-0.39, 0.29) is 79.5 Å². The van der Waals surface area contributed by atoms with Crippen LogP contribution >= 0.6 is 0 Å². The van der Waals surface area contributed by atoms with E-state index in [1.165, 1.54) is 48.2 Å². The maximum atomic E-state index is 15.0. The summed E-state index contributed by atoms with van der Waals surface area (Å²) in [6, 6.07) is 4.99. The highest BCUT2D eigenvalue weighted by molar-refractivity contribution is 6.22. The van der Waals surface area contributed by atoms with Gasteiger partial charge in [0.1, 0.15) is 42.6 Å². The number of unbranched alkanes of at least 4 members (excludes halogenated alkanes) is 1. The number of aliphatic imine (C=N–C) groups is 1. The molecule has 4 rings (SSSR count). The van der Waals surface area contributed by atoms with E-state index in [2.05, 4.69) is 36.9 Å². The number of benzene rings is 2. The molecule has 2 aliphatic rings. The molecule has 2 heterocycles. The first kappa shape index (κ1) is 53.2. The van der Waals surface area contributed by atoms with Crippen molar-refractivity contribution < 1.29 is 47.0 Å². The van der Waals surface area contributed by atoms with Gasteiger partial charge in [0.2, 0.25) is 17.7 Å². The zero-order chi connectivity index (χ0) is 49.5. The molecule has 2 aromatic carbocycles. The predicted molar refractivity (Wildman–Crippen MR) is 247 cm³/mol. The first-order valence-electron chi connectivity index (χ1n) is 22.1. The van der Waals surface area contributed by atoms with Crippen molar-refractivity contribution in [3.8, 4) is 0 Å². The number of halogens is 2. The molecule has 0 spiro atoms. The van der Waals surface area contributed by atoms with Gasteiger partial charge in [-0.15, -0.1) is 0 Å². The van der Waals surface area contributed by atoms with E-state index in [0.717, 1.165) is 18.5 Å². The zero-order valence-corrected chi connectivity index (χ0v) is 38.8. The molecule has 2 aliphatic heterocycles. The summed E-state index contributed by atoms with van der Waals surface area (Å²) in [5.41, 5.74) is 4.67. The Balaban J connectivity index is 1.26. The highest BCUT2D eigenvalue weighted by Crippen LogP contribution is 2.39. The highest BCUT2D eigenvalue weighted by Gasteiger charge is 2.40. The van der Waals surface area contributed by atoms with E-state index in [4.69, 9.17) is 20.6 Å². The summed E-state index contributed by atoms with van der Waals surface area (Å²) < 4.78 is 40.4. The number of hydrogen-bond acceptors (Lipinski definition) is 12. The molecular weight excluding hydrogens is 873 g/mol. The van der Waals surface area contributed by atoms with Crippen LogP contribution in [0.3, 0.4) is 0 Å². The third kappa shape index (κ3) is 14.8. The van der Waals surface area contributed by atoms with Gasteiger partial charge in [0.15, 0.2) is 0 Å². The van der Waals surface area contributed by atoms with Crippen LogP contribution in [0.1, 0.15) is 101 Å². The molecule has 19 nitrogen and oxygen atoms in total. The quantitative estimate of drug-likeness (QED) is 0.0230. The van der Waals surface area contributed by atoms with Crippen LogP contribution in [0.15, 0.2) is 53.5 Å². The van der Waals surface area contributed by atoms with Crippen molar-refractivity contribution in [3.05, 3.63) is 76.9 Å². The summed E-state index contributed by atoms with van der Waals surface area (Å²) >= 11 is 0. The third-order valence-corrected chi connectivity index (χ3v) is 11.4. The molecule has 0 saturated carbocycles. The smallest absolute Gasteiger partial charge is 0.254 e. The summed E-state index contributed by atoms with van der Waals surface area (Å²) in [6.07, 6.45) is 5.39. The zero-order valence-electron chi connectivity index (χ0n) is 38.8. The minimum atomic E-state index is -0.983. The van der Waals surface area contributed by atoms with Crippen molar-refractivity contribution >= 4 is 59.0 Å². The second kappa shape index (κ2) is 24.4. The lowest BCUT2D eigenvalue weighted by molar-refractivity contribution is -0.144. The number of fused-ring (bicyclic) bond motifs is 1. The minimum absolute atomic E-state index is 0.0130. The molecule has 4 atom stereocenters. The van der Waals surface area contributed by atoms with Crippen molar-refractivity contribution in [1.82, 2.24) is 31.5 Å². The summed E-state index contributed by atoms with van der Waals surface area (Å²) in [7, 11) is 1.56. The number of imide groups is 1. The summed E-state index contributed by atoms with van der Waals surface area (Å²) in [6.45, 7) is 8.85. The monoisotopic (exact) mass is 935 g/mol. The summed E-state index contributed by atoms with van der Waals surface area (Å²) in [5.74, 6) is -4.93. The van der Waals surface area contributed by atoms with Gasteiger partial charge in [0.25, 0.3) is 17.7 Å². The van der Waals surface area contributed by atoms with Gasteiger partial charge in [-0.1, -0.05) is 12.1 Å². The number of carbonyl (C=O) groups excluding carboxylic acids is 6. The van der Waals surface area contributed by atoms with Gasteiger partial charge in [-0.3, -0.25) is 39.1 Å². The average Bonchev–Trinajstić information content (AvgIpc) is 3.63. The van der Waals surface area contributed by atoms with E-state index in [9.17, 15) is 38.6 Å². The van der Waals surface area contributed by atoms with E-state index < -0.39 is 70.4 Å². The summed E-state index contributed by atoms with van der Waals surface area (Å²) in [4.78, 5) is 82.3. The van der Waals surface area contributed by atoms with Crippen LogP contribution in [0, 0.1) is 28.4 Å². The molecule has 0 aliphatic carbocycles. The molecule has 0 radical (unpaired) electrons. The van der Waals surface area contributed by atoms with Crippen LogP contribution in [0.4, 0.5) is 14.5 Å². The number of nitrogens with zero attached hydrogens (tertiary/aromatic N) is 2. The van der Waals surface area contributed by atoms with Crippen molar-refractivity contribution in [2.75, 3.05) is 45.4 Å². The Labute approximate surface area is 388 Å². The third-order valence-electron chi connectivity index (χ3n) is 11.4. The van der Waals surface area contributed by atoms with Crippen molar-refractivity contribution in [3.63, 3.8) is 0 Å². The largest absolute Gasteiger partial charge is 0.376 e. The van der Waals surface area contributed by atoms with Gasteiger partial charge >= 0.3 is 0 Å². The number of ether oxygens (including phenoxy) is 2. The van der Waals surface area contributed by atoms with Crippen LogP contribution in [0.25, 0.3) is 0 Å². The molecule has 364 valence electrons. The fraction of sp³-hybridized carbons (Fsp3) is 0.500. The molecule has 2 aromatic rings. The number of carbonyl (C=O) groups is 6. The van der Waals surface area contributed by atoms with Gasteiger partial charge in [-0.25, -0.2) is 13.8 Å². The molecule has 0 saturated heterocycles. The Morgan fingerprint density at radius 3 is 2.28 bits per heavy atom. The maximum Gasteiger partial charge on any atom is 0.254 e. The predicted octanol–water partition coefficient (Wildman–Crippen LogP) is 2.95.